The number of fused-ring (bicyclic) bond motifs is 4. The van der Waals surface area contributed by atoms with Crippen molar-refractivity contribution in [2.75, 3.05) is 0 Å². The van der Waals surface area contributed by atoms with Crippen LogP contribution in [0.25, 0.3) is 65.3 Å². The van der Waals surface area contributed by atoms with Gasteiger partial charge in [-0.3, -0.25) is 0 Å². The van der Waals surface area contributed by atoms with Crippen LogP contribution in [0.5, 0.6) is 0 Å². The molecule has 0 unspecified atom stereocenters. The topological polar surface area (TPSA) is 0 Å². The monoisotopic (exact) mass is 719 g/mol. The van der Waals surface area contributed by atoms with Gasteiger partial charge in [-0.25, -0.2) is 0 Å². The smallest absolute Gasteiger partial charge is 0.165 e. The maximum absolute atomic E-state index is 3.40. The Bertz CT molecular complexity index is 2300. The SMILES string of the molecule is Cc1cc2c(-c3cccc4ccccc34)cccc2[cH-]1.Cc1cc2c(-c3cccc4ccccc34)cccc2[cH-]1.[Si]Cc1ccccc1.[Zr+2]. The number of hydrogen-bond acceptors (Lipinski definition) is 0. The quantitative estimate of drug-likeness (QED) is 0.126. The van der Waals surface area contributed by atoms with Gasteiger partial charge >= 0.3 is 26.2 Å². The van der Waals surface area contributed by atoms with E-state index in [1.54, 1.807) is 0 Å². The molecule has 0 saturated heterocycles. The molecular formula is C47H37SiZr. The second-order valence-corrected chi connectivity index (χ2v) is 12.8. The predicted octanol–water partition coefficient (Wildman–Crippen LogP) is 12.7. The fourth-order valence-electron chi connectivity index (χ4n) is 6.76. The van der Waals surface area contributed by atoms with Gasteiger partial charge in [0.15, 0.2) is 0 Å². The van der Waals surface area contributed by atoms with Gasteiger partial charge in [0.25, 0.3) is 0 Å². The van der Waals surface area contributed by atoms with Crippen LogP contribution in [-0.2, 0) is 32.2 Å². The largest absolute Gasteiger partial charge is 2.00 e. The molecule has 3 radical (unpaired) electrons. The van der Waals surface area contributed by atoms with Crippen LogP contribution in [0.2, 0.25) is 0 Å². The average Bonchev–Trinajstić information content (AvgIpc) is 3.73. The van der Waals surface area contributed by atoms with Crippen molar-refractivity contribution in [3.8, 4) is 22.3 Å². The van der Waals surface area contributed by atoms with Crippen LogP contribution in [0.1, 0.15) is 16.7 Å². The van der Waals surface area contributed by atoms with Crippen molar-refractivity contribution in [2.24, 2.45) is 0 Å². The summed E-state index contributed by atoms with van der Waals surface area (Å²) in [5.41, 5.74) is 9.27. The van der Waals surface area contributed by atoms with E-state index >= 15 is 0 Å². The molecule has 0 aliphatic rings. The molecule has 0 fully saturated rings. The number of aryl methyl sites for hydroxylation is 2. The van der Waals surface area contributed by atoms with E-state index in [4.69, 9.17) is 0 Å². The van der Waals surface area contributed by atoms with E-state index in [1.165, 1.54) is 82.0 Å². The molecule has 9 aromatic rings. The zero-order chi connectivity index (χ0) is 32.9. The average molecular weight is 721 g/mol. The van der Waals surface area contributed by atoms with Crippen LogP contribution in [0.4, 0.5) is 0 Å². The fourth-order valence-corrected chi connectivity index (χ4v) is 6.99. The number of hydrogen-bond donors (Lipinski definition) is 0. The van der Waals surface area contributed by atoms with Crippen molar-refractivity contribution in [3.05, 3.63) is 193 Å². The second-order valence-electron chi connectivity index (χ2n) is 12.4. The maximum Gasteiger partial charge on any atom is 2.00 e. The molecule has 0 nitrogen and oxygen atoms in total. The van der Waals surface area contributed by atoms with Crippen LogP contribution in [0, 0.1) is 13.8 Å². The Morgan fingerprint density at radius 2 is 0.776 bits per heavy atom. The summed E-state index contributed by atoms with van der Waals surface area (Å²) in [4.78, 5) is 0. The summed E-state index contributed by atoms with van der Waals surface area (Å²) in [6.07, 6.45) is 0. The van der Waals surface area contributed by atoms with E-state index in [0.717, 1.165) is 6.04 Å². The minimum Gasteiger partial charge on any atom is -0.165 e. The molecule has 0 N–H and O–H groups in total. The molecule has 9 aromatic carbocycles. The summed E-state index contributed by atoms with van der Waals surface area (Å²) in [7, 11) is 3.40. The van der Waals surface area contributed by atoms with E-state index in [2.05, 4.69) is 182 Å². The molecular weight excluding hydrogens is 684 g/mol. The Morgan fingerprint density at radius 1 is 0.408 bits per heavy atom. The first-order valence-electron chi connectivity index (χ1n) is 16.6. The molecule has 0 aliphatic carbocycles. The Labute approximate surface area is 312 Å². The Hall–Kier alpha value is -4.62. The fraction of sp³-hybridized carbons (Fsp3) is 0.0638. The van der Waals surface area contributed by atoms with E-state index in [1.807, 2.05) is 18.2 Å². The van der Waals surface area contributed by atoms with E-state index in [0.29, 0.717) is 0 Å². The zero-order valence-electron chi connectivity index (χ0n) is 28.0. The summed E-state index contributed by atoms with van der Waals surface area (Å²) < 4.78 is 0. The minimum absolute atomic E-state index is 0. The summed E-state index contributed by atoms with van der Waals surface area (Å²) in [5, 5.41) is 10.6. The Morgan fingerprint density at radius 3 is 1.20 bits per heavy atom. The summed E-state index contributed by atoms with van der Waals surface area (Å²) in [6, 6.07) is 63.7. The molecule has 0 aromatic heterocycles. The summed E-state index contributed by atoms with van der Waals surface area (Å²) in [6.45, 7) is 4.32. The van der Waals surface area contributed by atoms with Gasteiger partial charge < -0.3 is 0 Å². The first-order valence-corrected chi connectivity index (χ1v) is 17.3. The van der Waals surface area contributed by atoms with Crippen LogP contribution >= 0.6 is 0 Å². The van der Waals surface area contributed by atoms with E-state index in [9.17, 15) is 0 Å². The van der Waals surface area contributed by atoms with Crippen LogP contribution in [-0.4, -0.2) is 10.2 Å². The standard InChI is InChI=1S/2C20H15.C7H7Si.Zr/c2*1-14-12-16-8-5-11-19(20(16)13-14)18-10-4-7-15-6-2-3-9-17(15)18;8-6-7-4-2-1-3-5-7;/h2*2-13H,1H3;1-5H,6H2;/q2*-1;;+2. The Kier molecular flexibility index (Phi) is 11.0. The molecule has 0 bridgehead atoms. The molecule has 233 valence electrons. The first-order chi connectivity index (χ1) is 23.6. The molecule has 0 heterocycles. The minimum atomic E-state index is 0. The molecule has 0 aliphatic heterocycles. The summed E-state index contributed by atoms with van der Waals surface area (Å²) in [5.74, 6) is 0. The summed E-state index contributed by atoms with van der Waals surface area (Å²) >= 11 is 0. The van der Waals surface area contributed by atoms with Gasteiger partial charge in [-0.15, -0.1) is 69.1 Å². The van der Waals surface area contributed by atoms with Crippen molar-refractivity contribution < 1.29 is 26.2 Å². The van der Waals surface area contributed by atoms with Gasteiger partial charge in [0.2, 0.25) is 0 Å². The van der Waals surface area contributed by atoms with Crippen LogP contribution in [0.3, 0.4) is 0 Å². The van der Waals surface area contributed by atoms with E-state index < -0.39 is 0 Å². The van der Waals surface area contributed by atoms with Gasteiger partial charge in [-0.1, -0.05) is 158 Å². The van der Waals surface area contributed by atoms with Crippen LogP contribution < -0.4 is 0 Å². The van der Waals surface area contributed by atoms with Gasteiger partial charge in [0, 0.05) is 10.2 Å². The molecule has 0 saturated carbocycles. The third kappa shape index (κ3) is 7.52. The van der Waals surface area contributed by atoms with E-state index in [-0.39, 0.29) is 26.2 Å². The second kappa shape index (κ2) is 15.7. The van der Waals surface area contributed by atoms with Gasteiger partial charge in [0.05, 0.1) is 0 Å². The van der Waals surface area contributed by atoms with Crippen molar-refractivity contribution in [3.63, 3.8) is 0 Å². The molecule has 9 rings (SSSR count). The normalized spacial score (nSPS) is 10.7. The first kappa shape index (κ1) is 34.3. The third-order valence-corrected chi connectivity index (χ3v) is 9.40. The van der Waals surface area contributed by atoms with Crippen molar-refractivity contribution in [1.82, 2.24) is 0 Å². The van der Waals surface area contributed by atoms with Gasteiger partial charge in [-0.2, -0.15) is 12.1 Å². The van der Waals surface area contributed by atoms with Crippen LogP contribution in [0.15, 0.2) is 176 Å². The molecule has 0 atom stereocenters. The third-order valence-electron chi connectivity index (χ3n) is 9.00. The molecule has 2 heteroatoms. The predicted molar refractivity (Wildman–Crippen MR) is 210 cm³/mol. The van der Waals surface area contributed by atoms with Gasteiger partial charge in [-0.05, 0) is 38.7 Å². The van der Waals surface area contributed by atoms with Crippen molar-refractivity contribution in [2.45, 2.75) is 19.9 Å². The number of rotatable bonds is 3. The molecule has 0 spiro atoms. The van der Waals surface area contributed by atoms with Gasteiger partial charge in [0.1, 0.15) is 0 Å². The molecule has 0 amide bonds. The number of benzene rings is 7. The Balaban J connectivity index is 0.000000137. The van der Waals surface area contributed by atoms with Crippen molar-refractivity contribution >= 4 is 53.3 Å². The van der Waals surface area contributed by atoms with Crippen molar-refractivity contribution in [1.29, 1.82) is 0 Å². The maximum atomic E-state index is 3.40. The molecule has 49 heavy (non-hydrogen) atoms. The zero-order valence-corrected chi connectivity index (χ0v) is 31.4.